The van der Waals surface area contributed by atoms with E-state index in [9.17, 15) is 13.6 Å². The van der Waals surface area contributed by atoms with Crippen molar-refractivity contribution in [3.05, 3.63) is 69.7 Å². The van der Waals surface area contributed by atoms with Gasteiger partial charge in [-0.15, -0.1) is 0 Å². The molecule has 1 amide bonds. The highest BCUT2D eigenvalue weighted by molar-refractivity contribution is 9.10. The number of nitrogens with one attached hydrogen (secondary N) is 1. The number of carbonyl (C=O) groups excluding carboxylic acids is 1. The Kier molecular flexibility index (Phi) is 5.29. The van der Waals surface area contributed by atoms with Crippen LogP contribution in [0.15, 0.2) is 53.0 Å². The normalized spacial score (nSPS) is 19.3. The summed E-state index contributed by atoms with van der Waals surface area (Å²) in [5.41, 5.74) is 2.12. The van der Waals surface area contributed by atoms with Gasteiger partial charge in [0, 0.05) is 22.5 Å². The van der Waals surface area contributed by atoms with Gasteiger partial charge in [0.1, 0.15) is 0 Å². The molecule has 0 aromatic heterocycles. The van der Waals surface area contributed by atoms with E-state index in [1.54, 1.807) is 12.1 Å². The van der Waals surface area contributed by atoms with Gasteiger partial charge in [-0.25, -0.2) is 8.78 Å². The molecule has 0 heterocycles. The Morgan fingerprint density at radius 1 is 1.21 bits per heavy atom. The molecule has 1 aliphatic rings. The molecule has 2 atom stereocenters. The maximum atomic E-state index is 12.7. The lowest BCUT2D eigenvalue weighted by molar-refractivity contribution is -0.122. The number of amides is 1. The molecule has 5 heteroatoms. The van der Waals surface area contributed by atoms with Gasteiger partial charge in [-0.1, -0.05) is 58.4 Å². The summed E-state index contributed by atoms with van der Waals surface area (Å²) in [6.07, 6.45) is -0.973. The Morgan fingerprint density at radius 3 is 2.62 bits per heavy atom. The van der Waals surface area contributed by atoms with E-state index in [0.717, 1.165) is 12.0 Å². The van der Waals surface area contributed by atoms with Gasteiger partial charge in [-0.3, -0.25) is 4.79 Å². The third-order valence-corrected chi connectivity index (χ3v) is 5.05. The van der Waals surface area contributed by atoms with E-state index < -0.39 is 6.43 Å². The number of carbonyl (C=O) groups is 1. The second kappa shape index (κ2) is 7.43. The Hall–Kier alpha value is -1.75. The lowest BCUT2D eigenvalue weighted by atomic mass is 10.1. The summed E-state index contributed by atoms with van der Waals surface area (Å²) in [7, 11) is 0. The van der Waals surface area contributed by atoms with Crippen molar-refractivity contribution in [2.24, 2.45) is 5.92 Å². The van der Waals surface area contributed by atoms with E-state index in [0.29, 0.717) is 23.4 Å². The van der Waals surface area contributed by atoms with Crippen molar-refractivity contribution in [3.63, 3.8) is 0 Å². The van der Waals surface area contributed by atoms with Crippen molar-refractivity contribution >= 4 is 21.8 Å². The summed E-state index contributed by atoms with van der Waals surface area (Å²) in [4.78, 5) is 12.2. The largest absolute Gasteiger partial charge is 0.356 e. The molecule has 24 heavy (non-hydrogen) atoms. The zero-order valence-electron chi connectivity index (χ0n) is 13.0. The number of alkyl halides is 2. The van der Waals surface area contributed by atoms with Crippen molar-refractivity contribution in [2.75, 3.05) is 6.54 Å². The highest BCUT2D eigenvalue weighted by atomic mass is 79.9. The molecule has 0 saturated heterocycles. The van der Waals surface area contributed by atoms with Gasteiger partial charge in [0.15, 0.2) is 0 Å². The standard InChI is InChI=1S/C19H18BrF2NO/c20-17-10-12(6-7-14(17)18(21)22)8-9-23-19(24)16-11-15(16)13-4-2-1-3-5-13/h1-7,10,15-16,18H,8-9,11H2,(H,23,24). The van der Waals surface area contributed by atoms with E-state index in [-0.39, 0.29) is 17.4 Å². The van der Waals surface area contributed by atoms with Crippen molar-refractivity contribution in [2.45, 2.75) is 25.2 Å². The maximum Gasteiger partial charge on any atom is 0.264 e. The van der Waals surface area contributed by atoms with Crippen LogP contribution < -0.4 is 5.32 Å². The lowest BCUT2D eigenvalue weighted by Gasteiger charge is -2.08. The molecule has 2 aromatic carbocycles. The fourth-order valence-electron chi connectivity index (χ4n) is 2.92. The number of rotatable bonds is 6. The van der Waals surface area contributed by atoms with Crippen LogP contribution in [0.4, 0.5) is 8.78 Å². The molecule has 2 nitrogen and oxygen atoms in total. The molecule has 2 unspecified atom stereocenters. The molecule has 126 valence electrons. The monoisotopic (exact) mass is 393 g/mol. The first kappa shape index (κ1) is 17.1. The van der Waals surface area contributed by atoms with Crippen LogP contribution in [0.25, 0.3) is 0 Å². The predicted molar refractivity (Wildman–Crippen MR) is 93.1 cm³/mol. The number of hydrogen-bond donors (Lipinski definition) is 1. The van der Waals surface area contributed by atoms with Crippen molar-refractivity contribution in [1.29, 1.82) is 0 Å². The van der Waals surface area contributed by atoms with Crippen LogP contribution in [0.1, 0.15) is 35.5 Å². The van der Waals surface area contributed by atoms with Gasteiger partial charge < -0.3 is 5.32 Å². The average Bonchev–Trinajstić information content (AvgIpc) is 3.36. The van der Waals surface area contributed by atoms with Gasteiger partial charge in [0.05, 0.1) is 0 Å². The Labute approximate surface area is 148 Å². The van der Waals surface area contributed by atoms with Gasteiger partial charge >= 0.3 is 0 Å². The van der Waals surface area contributed by atoms with Crippen molar-refractivity contribution < 1.29 is 13.6 Å². The van der Waals surface area contributed by atoms with Gasteiger partial charge in [0.2, 0.25) is 5.91 Å². The number of halogens is 3. The summed E-state index contributed by atoms with van der Waals surface area (Å²) >= 11 is 3.17. The molecule has 0 bridgehead atoms. The minimum absolute atomic E-state index is 0.00790. The zero-order chi connectivity index (χ0) is 17.1. The number of hydrogen-bond acceptors (Lipinski definition) is 1. The van der Waals surface area contributed by atoms with Crippen LogP contribution >= 0.6 is 15.9 Å². The molecule has 1 N–H and O–H groups in total. The quantitative estimate of drug-likeness (QED) is 0.746. The van der Waals surface area contributed by atoms with E-state index in [1.165, 1.54) is 11.6 Å². The minimum atomic E-state index is -2.49. The van der Waals surface area contributed by atoms with Crippen LogP contribution in [-0.4, -0.2) is 12.5 Å². The van der Waals surface area contributed by atoms with E-state index in [4.69, 9.17) is 0 Å². The van der Waals surface area contributed by atoms with Crippen LogP contribution in [0.5, 0.6) is 0 Å². The second-order valence-electron chi connectivity index (χ2n) is 6.06. The summed E-state index contributed by atoms with van der Waals surface area (Å²) in [6.45, 7) is 0.511. The van der Waals surface area contributed by atoms with Crippen molar-refractivity contribution in [1.82, 2.24) is 5.32 Å². The zero-order valence-corrected chi connectivity index (χ0v) is 14.6. The third-order valence-electron chi connectivity index (χ3n) is 4.37. The van der Waals surface area contributed by atoms with E-state index >= 15 is 0 Å². The maximum absolute atomic E-state index is 12.7. The highest BCUT2D eigenvalue weighted by Gasteiger charge is 2.43. The molecule has 0 aliphatic heterocycles. The molecule has 3 rings (SSSR count). The molecule has 0 radical (unpaired) electrons. The topological polar surface area (TPSA) is 29.1 Å². The first-order valence-electron chi connectivity index (χ1n) is 7.95. The minimum Gasteiger partial charge on any atom is -0.356 e. The second-order valence-corrected chi connectivity index (χ2v) is 6.91. The summed E-state index contributed by atoms with van der Waals surface area (Å²) in [6, 6.07) is 14.9. The molecular formula is C19H18BrF2NO. The summed E-state index contributed by atoms with van der Waals surface area (Å²) in [5, 5.41) is 2.95. The van der Waals surface area contributed by atoms with Crippen LogP contribution in [-0.2, 0) is 11.2 Å². The van der Waals surface area contributed by atoms with Gasteiger partial charge in [0.25, 0.3) is 6.43 Å². The van der Waals surface area contributed by atoms with Crippen LogP contribution in [0.2, 0.25) is 0 Å². The molecule has 0 spiro atoms. The smallest absolute Gasteiger partial charge is 0.264 e. The predicted octanol–water partition coefficient (Wildman–Crippen LogP) is 4.85. The third kappa shape index (κ3) is 4.01. The van der Waals surface area contributed by atoms with Gasteiger partial charge in [-0.2, -0.15) is 0 Å². The molecule has 1 saturated carbocycles. The lowest BCUT2D eigenvalue weighted by Crippen LogP contribution is -2.27. The first-order valence-corrected chi connectivity index (χ1v) is 8.74. The molecular weight excluding hydrogens is 376 g/mol. The average molecular weight is 394 g/mol. The fourth-order valence-corrected chi connectivity index (χ4v) is 3.52. The van der Waals surface area contributed by atoms with E-state index in [1.807, 2.05) is 18.2 Å². The van der Waals surface area contributed by atoms with E-state index in [2.05, 4.69) is 33.4 Å². The van der Waals surface area contributed by atoms with Crippen LogP contribution in [0.3, 0.4) is 0 Å². The SMILES string of the molecule is O=C(NCCc1ccc(C(F)F)c(Br)c1)C1CC1c1ccccc1. The Morgan fingerprint density at radius 2 is 1.96 bits per heavy atom. The molecule has 1 aliphatic carbocycles. The Balaban J connectivity index is 1.47. The number of benzene rings is 2. The Bertz CT molecular complexity index is 721. The first-order chi connectivity index (χ1) is 11.6. The summed E-state index contributed by atoms with van der Waals surface area (Å²) < 4.78 is 25.8. The fraction of sp³-hybridized carbons (Fsp3) is 0.316. The van der Waals surface area contributed by atoms with Crippen molar-refractivity contribution in [3.8, 4) is 0 Å². The van der Waals surface area contributed by atoms with Gasteiger partial charge in [-0.05, 0) is 36.0 Å². The molecule has 2 aromatic rings. The van der Waals surface area contributed by atoms with Crippen LogP contribution in [0, 0.1) is 5.92 Å². The highest BCUT2D eigenvalue weighted by Crippen LogP contribution is 2.47. The molecule has 1 fully saturated rings. The summed E-state index contributed by atoms with van der Waals surface area (Å²) in [5.74, 6) is 0.457.